The lowest BCUT2D eigenvalue weighted by Gasteiger charge is -2.08. The number of hydrogen-bond donors (Lipinski definition) is 1. The van der Waals surface area contributed by atoms with E-state index in [9.17, 15) is 4.79 Å². The second-order valence-corrected chi connectivity index (χ2v) is 4.81. The van der Waals surface area contributed by atoms with Gasteiger partial charge in [0.1, 0.15) is 11.4 Å². The summed E-state index contributed by atoms with van der Waals surface area (Å²) in [5.41, 5.74) is 1.12. The molecule has 7 nitrogen and oxygen atoms in total. The quantitative estimate of drug-likeness (QED) is 0.728. The van der Waals surface area contributed by atoms with E-state index in [1.165, 1.54) is 0 Å². The number of esters is 1. The normalized spacial score (nSPS) is 11.9. The summed E-state index contributed by atoms with van der Waals surface area (Å²) in [6, 6.07) is 10.6. The van der Waals surface area contributed by atoms with Crippen molar-refractivity contribution in [3.8, 4) is 17.2 Å². The van der Waals surface area contributed by atoms with E-state index in [4.69, 9.17) is 13.9 Å². The van der Waals surface area contributed by atoms with Crippen molar-refractivity contribution in [1.29, 1.82) is 0 Å². The van der Waals surface area contributed by atoms with Gasteiger partial charge in [0.05, 0.1) is 7.11 Å². The van der Waals surface area contributed by atoms with Crippen LogP contribution in [0.2, 0.25) is 0 Å². The highest BCUT2D eigenvalue weighted by Gasteiger charge is 2.20. The zero-order valence-electron chi connectivity index (χ0n) is 12.6. The Balaban J connectivity index is 1.71. The summed E-state index contributed by atoms with van der Waals surface area (Å²) in [6.07, 6.45) is 1.00. The SMILES string of the molecule is COc1ccc(-c2nnc([C@H](C)OC(=O)c3ccc[nH]3)o2)cc1. The number of benzene rings is 1. The number of H-pyrrole nitrogens is 1. The minimum absolute atomic E-state index is 0.232. The Kier molecular flexibility index (Phi) is 4.09. The fraction of sp³-hybridized carbons (Fsp3) is 0.188. The Labute approximate surface area is 132 Å². The third kappa shape index (κ3) is 3.23. The molecule has 0 unspecified atom stereocenters. The molecule has 0 radical (unpaired) electrons. The van der Waals surface area contributed by atoms with Gasteiger partial charge in [-0.25, -0.2) is 4.79 Å². The minimum Gasteiger partial charge on any atom is -0.497 e. The molecule has 1 aromatic carbocycles. The van der Waals surface area contributed by atoms with E-state index in [1.807, 2.05) is 12.1 Å². The molecule has 3 aromatic rings. The number of nitrogens with zero attached hydrogens (tertiary/aromatic N) is 2. The number of carbonyl (C=O) groups is 1. The molecule has 7 heteroatoms. The first-order valence-corrected chi connectivity index (χ1v) is 6.99. The molecule has 0 saturated carbocycles. The van der Waals surface area contributed by atoms with Gasteiger partial charge < -0.3 is 18.9 Å². The Hall–Kier alpha value is -3.09. The predicted molar refractivity (Wildman–Crippen MR) is 80.9 cm³/mol. The average molecular weight is 313 g/mol. The molecule has 2 heterocycles. The monoisotopic (exact) mass is 313 g/mol. The van der Waals surface area contributed by atoms with Gasteiger partial charge in [-0.1, -0.05) is 0 Å². The molecule has 1 N–H and O–H groups in total. The van der Waals surface area contributed by atoms with Crippen molar-refractivity contribution in [3.05, 3.63) is 54.2 Å². The number of aromatic amines is 1. The molecule has 0 saturated heterocycles. The van der Waals surface area contributed by atoms with Crippen LogP contribution in [-0.2, 0) is 4.74 Å². The lowest BCUT2D eigenvalue weighted by Crippen LogP contribution is -2.09. The third-order valence-electron chi connectivity index (χ3n) is 3.23. The van der Waals surface area contributed by atoms with E-state index >= 15 is 0 Å². The van der Waals surface area contributed by atoms with Crippen molar-refractivity contribution in [2.24, 2.45) is 0 Å². The number of methoxy groups -OCH3 is 1. The minimum atomic E-state index is -0.648. The Morgan fingerprint density at radius 2 is 2.00 bits per heavy atom. The van der Waals surface area contributed by atoms with Crippen LogP contribution in [0.25, 0.3) is 11.5 Å². The molecule has 118 valence electrons. The first-order valence-electron chi connectivity index (χ1n) is 6.99. The fourth-order valence-electron chi connectivity index (χ4n) is 1.98. The molecule has 0 amide bonds. The van der Waals surface area contributed by atoms with Crippen LogP contribution in [0.5, 0.6) is 5.75 Å². The summed E-state index contributed by atoms with van der Waals surface area (Å²) in [5, 5.41) is 7.91. The standard InChI is InChI=1S/C16H15N3O4/c1-10(22-16(20)13-4-3-9-17-13)14-18-19-15(23-14)11-5-7-12(21-2)8-6-11/h3-10,17H,1-2H3/t10-/m0/s1. The first kappa shape index (κ1) is 14.8. The van der Waals surface area contributed by atoms with E-state index in [1.54, 1.807) is 44.5 Å². The van der Waals surface area contributed by atoms with Gasteiger partial charge in [0, 0.05) is 11.8 Å². The molecule has 0 bridgehead atoms. The van der Waals surface area contributed by atoms with E-state index in [0.717, 1.165) is 11.3 Å². The summed E-state index contributed by atoms with van der Waals surface area (Å²) in [4.78, 5) is 14.7. The van der Waals surface area contributed by atoms with Gasteiger partial charge in [-0.3, -0.25) is 0 Å². The average Bonchev–Trinajstić information content (AvgIpc) is 3.26. The molecule has 0 aliphatic heterocycles. The van der Waals surface area contributed by atoms with Crippen molar-refractivity contribution in [1.82, 2.24) is 15.2 Å². The van der Waals surface area contributed by atoms with Gasteiger partial charge in [0.2, 0.25) is 5.89 Å². The highest BCUT2D eigenvalue weighted by Crippen LogP contribution is 2.24. The molecule has 0 fully saturated rings. The van der Waals surface area contributed by atoms with Crippen LogP contribution < -0.4 is 4.74 Å². The number of nitrogens with one attached hydrogen (secondary N) is 1. The molecular weight excluding hydrogens is 298 g/mol. The van der Waals surface area contributed by atoms with Crippen LogP contribution in [0.4, 0.5) is 0 Å². The van der Waals surface area contributed by atoms with Crippen LogP contribution in [0.15, 0.2) is 47.0 Å². The molecule has 0 spiro atoms. The number of rotatable bonds is 5. The van der Waals surface area contributed by atoms with E-state index in [2.05, 4.69) is 15.2 Å². The highest BCUT2D eigenvalue weighted by molar-refractivity contribution is 5.87. The number of aromatic nitrogens is 3. The van der Waals surface area contributed by atoms with Crippen molar-refractivity contribution in [2.75, 3.05) is 7.11 Å². The molecular formula is C16H15N3O4. The number of carbonyl (C=O) groups excluding carboxylic acids is 1. The molecule has 1 atom stereocenters. The lowest BCUT2D eigenvalue weighted by molar-refractivity contribution is 0.0274. The van der Waals surface area contributed by atoms with E-state index in [0.29, 0.717) is 11.6 Å². The number of ether oxygens (including phenoxy) is 2. The molecule has 23 heavy (non-hydrogen) atoms. The van der Waals surface area contributed by atoms with Gasteiger partial charge >= 0.3 is 5.97 Å². The van der Waals surface area contributed by atoms with Gasteiger partial charge in [0.25, 0.3) is 5.89 Å². The highest BCUT2D eigenvalue weighted by atomic mass is 16.6. The second-order valence-electron chi connectivity index (χ2n) is 4.81. The lowest BCUT2D eigenvalue weighted by atomic mass is 10.2. The van der Waals surface area contributed by atoms with Crippen molar-refractivity contribution in [3.63, 3.8) is 0 Å². The van der Waals surface area contributed by atoms with Crippen molar-refractivity contribution in [2.45, 2.75) is 13.0 Å². The van der Waals surface area contributed by atoms with Crippen LogP contribution in [-0.4, -0.2) is 28.3 Å². The molecule has 0 aliphatic rings. The number of hydrogen-bond acceptors (Lipinski definition) is 6. The van der Waals surface area contributed by atoms with Gasteiger partial charge in [-0.05, 0) is 43.3 Å². The molecule has 0 aliphatic carbocycles. The zero-order chi connectivity index (χ0) is 16.2. The Morgan fingerprint density at radius 1 is 1.22 bits per heavy atom. The summed E-state index contributed by atoms with van der Waals surface area (Å²) in [5.74, 6) is 0.842. The van der Waals surface area contributed by atoms with Crippen LogP contribution in [0, 0.1) is 0 Å². The van der Waals surface area contributed by atoms with E-state index in [-0.39, 0.29) is 5.89 Å². The zero-order valence-corrected chi connectivity index (χ0v) is 12.6. The smallest absolute Gasteiger partial charge is 0.355 e. The first-order chi connectivity index (χ1) is 11.2. The van der Waals surface area contributed by atoms with Gasteiger partial charge in [-0.15, -0.1) is 10.2 Å². The maximum Gasteiger partial charge on any atom is 0.355 e. The van der Waals surface area contributed by atoms with Gasteiger partial charge in [0.15, 0.2) is 6.10 Å². The van der Waals surface area contributed by atoms with Crippen LogP contribution >= 0.6 is 0 Å². The Morgan fingerprint density at radius 3 is 2.65 bits per heavy atom. The summed E-state index contributed by atoms with van der Waals surface area (Å²) in [6.45, 7) is 1.67. The van der Waals surface area contributed by atoms with Crippen molar-refractivity contribution < 1.29 is 18.7 Å². The van der Waals surface area contributed by atoms with Crippen LogP contribution in [0.3, 0.4) is 0 Å². The second kappa shape index (κ2) is 6.35. The third-order valence-corrected chi connectivity index (χ3v) is 3.23. The van der Waals surface area contributed by atoms with Gasteiger partial charge in [-0.2, -0.15) is 0 Å². The summed E-state index contributed by atoms with van der Waals surface area (Å²) >= 11 is 0. The molecule has 3 rings (SSSR count). The topological polar surface area (TPSA) is 90.2 Å². The maximum absolute atomic E-state index is 11.9. The predicted octanol–water partition coefficient (Wildman–Crippen LogP) is 2.99. The van der Waals surface area contributed by atoms with Crippen LogP contribution in [0.1, 0.15) is 29.4 Å². The van der Waals surface area contributed by atoms with E-state index < -0.39 is 12.1 Å². The van der Waals surface area contributed by atoms with Crippen molar-refractivity contribution >= 4 is 5.97 Å². The Bertz CT molecular complexity index is 778. The maximum atomic E-state index is 11.9. The largest absolute Gasteiger partial charge is 0.497 e. The molecule has 2 aromatic heterocycles. The fourth-order valence-corrected chi connectivity index (χ4v) is 1.98. The summed E-state index contributed by atoms with van der Waals surface area (Å²) < 4.78 is 16.0. The summed E-state index contributed by atoms with van der Waals surface area (Å²) in [7, 11) is 1.60.